The van der Waals surface area contributed by atoms with Crippen molar-refractivity contribution in [3.05, 3.63) is 41.7 Å². The number of aliphatic carboxylic acids is 1. The Morgan fingerprint density at radius 1 is 1.21 bits per heavy atom. The number of hydrogen-bond donors (Lipinski definition) is 1. The third kappa shape index (κ3) is 6.71. The first-order valence-electron chi connectivity index (χ1n) is 10.3. The molecule has 0 radical (unpaired) electrons. The summed E-state index contributed by atoms with van der Waals surface area (Å²) in [5, 5.41) is 40.4. The Kier molecular flexibility index (Phi) is 8.02. The second-order valence-electron chi connectivity index (χ2n) is 8.01. The molecule has 1 aromatic heterocycles. The van der Waals surface area contributed by atoms with Gasteiger partial charge in [-0.05, 0) is 23.6 Å². The summed E-state index contributed by atoms with van der Waals surface area (Å²) in [5.41, 5.74) is 1.50. The molecule has 182 valence electrons. The van der Waals surface area contributed by atoms with Crippen LogP contribution >= 0.6 is 0 Å². The van der Waals surface area contributed by atoms with Crippen LogP contribution in [0.4, 0.5) is 5.69 Å². The van der Waals surface area contributed by atoms with Gasteiger partial charge in [-0.1, -0.05) is 30.2 Å². The summed E-state index contributed by atoms with van der Waals surface area (Å²) in [7, 11) is -4.47. The van der Waals surface area contributed by atoms with Crippen LogP contribution in [0.5, 0.6) is 0 Å². The number of hydrogen-bond acceptors (Lipinski definition) is 10. The lowest BCUT2D eigenvalue weighted by atomic mass is 9.67. The Hall–Kier alpha value is -2.58. The van der Waals surface area contributed by atoms with Crippen molar-refractivity contribution in [3.8, 4) is 0 Å². The second kappa shape index (κ2) is 10.6. The Morgan fingerprint density at radius 2 is 1.88 bits per heavy atom. The molecule has 1 aromatic carbocycles. The molecule has 13 heteroatoms. The molecule has 2 aromatic rings. The molecule has 0 saturated heterocycles. The van der Waals surface area contributed by atoms with Crippen LogP contribution in [0.3, 0.4) is 0 Å². The molecule has 1 N–H and O–H groups in total. The van der Waals surface area contributed by atoms with E-state index in [1.165, 1.54) is 10.9 Å². The molecular weight excluding hydrogens is 456 g/mol. The minimum Gasteiger partial charge on any atom is -0.851 e. The highest BCUT2D eigenvalue weighted by atomic mass is 32.2. The first-order valence-corrected chi connectivity index (χ1v) is 11.9. The zero-order valence-electron chi connectivity index (χ0n) is 17.9. The van der Waals surface area contributed by atoms with Crippen molar-refractivity contribution >= 4 is 21.8 Å². The number of nitrogens with zero attached hydrogens (tertiary/aromatic N) is 4. The lowest BCUT2D eigenvalue weighted by Gasteiger charge is -2.60. The van der Waals surface area contributed by atoms with Gasteiger partial charge in [0.25, 0.3) is 0 Å². The van der Waals surface area contributed by atoms with E-state index in [2.05, 4.69) is 10.3 Å². The van der Waals surface area contributed by atoms with Gasteiger partial charge < -0.3 is 29.5 Å². The highest BCUT2D eigenvalue weighted by molar-refractivity contribution is 7.84. The number of carboxylic acid groups (broad SMARTS) is 1. The van der Waals surface area contributed by atoms with E-state index in [1.807, 2.05) is 4.90 Å². The van der Waals surface area contributed by atoms with Gasteiger partial charge in [-0.2, -0.15) is 0 Å². The molecular formula is C20H25N4O8S-3. The molecule has 2 atom stereocenters. The Morgan fingerprint density at radius 3 is 2.48 bits per heavy atom. The van der Waals surface area contributed by atoms with Crippen molar-refractivity contribution < 1.29 is 37.8 Å². The maximum Gasteiger partial charge on any atom is 0.329 e. The van der Waals surface area contributed by atoms with Gasteiger partial charge in [-0.15, -0.1) is 17.3 Å². The summed E-state index contributed by atoms with van der Waals surface area (Å²) in [6.45, 7) is 2.41. The molecule has 0 aliphatic heterocycles. The number of rotatable bonds is 12. The maximum absolute atomic E-state index is 12.1. The summed E-state index contributed by atoms with van der Waals surface area (Å²) in [4.78, 5) is 12.6. The van der Waals surface area contributed by atoms with Crippen molar-refractivity contribution in [1.82, 2.24) is 15.0 Å². The SMILES string of the molecule is CC1C([O-])C(c2ccc(N(CCOCC(=O)O)CCn3cc(CS(=O)(=O)[O-])nn3)cc2)C1[O-]. The fourth-order valence-corrected chi connectivity index (χ4v) is 4.29. The van der Waals surface area contributed by atoms with Crippen LogP contribution in [0.1, 0.15) is 24.1 Å². The molecule has 0 amide bonds. The fraction of sp³-hybridized carbons (Fsp3) is 0.550. The van der Waals surface area contributed by atoms with Gasteiger partial charge in [0.05, 0.1) is 24.6 Å². The van der Waals surface area contributed by atoms with Crippen LogP contribution in [-0.4, -0.2) is 77.6 Å². The average molecular weight is 482 g/mol. The van der Waals surface area contributed by atoms with Gasteiger partial charge in [-0.3, -0.25) is 4.68 Å². The van der Waals surface area contributed by atoms with Gasteiger partial charge in [0.1, 0.15) is 16.7 Å². The molecule has 1 aliphatic carbocycles. The third-order valence-electron chi connectivity index (χ3n) is 5.63. The summed E-state index contributed by atoms with van der Waals surface area (Å²) in [6.07, 6.45) is -0.463. The Balaban J connectivity index is 1.66. The smallest absolute Gasteiger partial charge is 0.329 e. The van der Waals surface area contributed by atoms with Crippen LogP contribution in [-0.2, 0) is 31.9 Å². The lowest BCUT2D eigenvalue weighted by Crippen LogP contribution is -2.64. The van der Waals surface area contributed by atoms with Crippen molar-refractivity contribution in [2.45, 2.75) is 37.3 Å². The molecule has 33 heavy (non-hydrogen) atoms. The first-order chi connectivity index (χ1) is 15.5. The van der Waals surface area contributed by atoms with Gasteiger partial charge in [0, 0.05) is 25.0 Å². The lowest BCUT2D eigenvalue weighted by molar-refractivity contribution is -0.547. The van der Waals surface area contributed by atoms with Crippen LogP contribution in [0.25, 0.3) is 0 Å². The molecule has 12 nitrogen and oxygen atoms in total. The van der Waals surface area contributed by atoms with Crippen molar-refractivity contribution in [3.63, 3.8) is 0 Å². The van der Waals surface area contributed by atoms with Crippen molar-refractivity contribution in [1.29, 1.82) is 0 Å². The van der Waals surface area contributed by atoms with E-state index >= 15 is 0 Å². The molecule has 1 fully saturated rings. The number of anilines is 1. The van der Waals surface area contributed by atoms with Crippen molar-refractivity contribution in [2.24, 2.45) is 5.92 Å². The van der Waals surface area contributed by atoms with E-state index in [-0.39, 0.29) is 12.3 Å². The van der Waals surface area contributed by atoms with Gasteiger partial charge >= 0.3 is 5.97 Å². The van der Waals surface area contributed by atoms with Crippen LogP contribution in [0.2, 0.25) is 0 Å². The molecule has 1 saturated carbocycles. The average Bonchev–Trinajstić information content (AvgIpc) is 3.19. The maximum atomic E-state index is 12.1. The number of ether oxygens (including phenoxy) is 1. The van der Waals surface area contributed by atoms with Crippen LogP contribution in [0, 0.1) is 5.92 Å². The number of benzene rings is 1. The largest absolute Gasteiger partial charge is 0.851 e. The van der Waals surface area contributed by atoms with Gasteiger partial charge in [0.2, 0.25) is 0 Å². The summed E-state index contributed by atoms with van der Waals surface area (Å²) in [6, 6.07) is 7.07. The molecule has 0 bridgehead atoms. The van der Waals surface area contributed by atoms with Crippen LogP contribution < -0.4 is 15.1 Å². The fourth-order valence-electron chi connectivity index (χ4n) is 3.79. The predicted octanol–water partition coefficient (Wildman–Crippen LogP) is -1.88. The van der Waals surface area contributed by atoms with Crippen LogP contribution in [0.15, 0.2) is 30.5 Å². The summed E-state index contributed by atoms with van der Waals surface area (Å²) in [5.74, 6) is -2.79. The molecule has 1 heterocycles. The minimum absolute atomic E-state index is 0.0414. The van der Waals surface area contributed by atoms with E-state index in [4.69, 9.17) is 9.84 Å². The Bertz CT molecular complexity index is 1030. The summed E-state index contributed by atoms with van der Waals surface area (Å²) >= 11 is 0. The highest BCUT2D eigenvalue weighted by Gasteiger charge is 2.34. The van der Waals surface area contributed by atoms with Gasteiger partial charge in [-0.25, -0.2) is 13.2 Å². The van der Waals surface area contributed by atoms with E-state index in [9.17, 15) is 28.0 Å². The molecule has 1 aliphatic rings. The van der Waals surface area contributed by atoms with E-state index in [0.717, 1.165) is 5.69 Å². The predicted molar refractivity (Wildman–Crippen MR) is 110 cm³/mol. The molecule has 3 rings (SSSR count). The molecule has 2 unspecified atom stereocenters. The van der Waals surface area contributed by atoms with Gasteiger partial charge in [0.15, 0.2) is 0 Å². The number of carbonyl (C=O) groups is 1. The second-order valence-corrected chi connectivity index (χ2v) is 9.42. The topological polar surface area (TPSA) is 184 Å². The number of aromatic nitrogens is 3. The minimum atomic E-state index is -4.47. The highest BCUT2D eigenvalue weighted by Crippen LogP contribution is 2.39. The summed E-state index contributed by atoms with van der Waals surface area (Å²) < 4.78 is 39.2. The quantitative estimate of drug-likeness (QED) is 0.264. The standard InChI is InChI=1S/C20H26N4O8S/c1-13-19(27)18(20(13)28)14-2-4-16(5-3-14)23(8-9-32-11-17(25)26)6-7-24-10-15(21-22-24)12-33(29,30)31/h2-5,10,13,18-20H,6-9,11-12H2,1H3,(H,25,26)(H,29,30,31)/q-2/p-1. The number of carboxylic acids is 1. The monoisotopic (exact) mass is 481 g/mol. The molecule has 0 spiro atoms. The van der Waals surface area contributed by atoms with E-state index in [0.29, 0.717) is 25.2 Å². The first kappa shape index (κ1) is 25.1. The third-order valence-corrected chi connectivity index (χ3v) is 6.28. The zero-order chi connectivity index (χ0) is 24.2. The van der Waals surface area contributed by atoms with Crippen molar-refractivity contribution in [2.75, 3.05) is 31.2 Å². The normalized spacial score (nSPS) is 22.7. The zero-order valence-corrected chi connectivity index (χ0v) is 18.8. The Labute approximate surface area is 191 Å². The van der Waals surface area contributed by atoms with E-state index < -0.39 is 52.5 Å². The van der Waals surface area contributed by atoms with E-state index in [1.54, 1.807) is 31.2 Å².